The molecule has 0 fully saturated rings. The first-order chi connectivity index (χ1) is 13.4. The van der Waals surface area contributed by atoms with E-state index in [0.717, 1.165) is 24.1 Å². The third-order valence-electron chi connectivity index (χ3n) is 5.38. The highest BCUT2D eigenvalue weighted by Gasteiger charge is 2.26. The Morgan fingerprint density at radius 3 is 2.75 bits per heavy atom. The molecule has 0 aliphatic heterocycles. The van der Waals surface area contributed by atoms with Crippen LogP contribution < -0.4 is 10.9 Å². The molecule has 1 unspecified atom stereocenters. The van der Waals surface area contributed by atoms with Crippen molar-refractivity contribution in [1.82, 2.24) is 20.1 Å². The fraction of sp³-hybridized carbons (Fsp3) is 0.333. The Hall–Kier alpha value is -2.80. The smallest absolute Gasteiger partial charge is 0.277 e. The molecule has 0 saturated heterocycles. The molecule has 1 atom stereocenters. The number of carbonyl (C=O) groups excluding carboxylic acids is 1. The Kier molecular flexibility index (Phi) is 4.63. The molecule has 1 aromatic carbocycles. The van der Waals surface area contributed by atoms with Gasteiger partial charge in [-0.05, 0) is 50.3 Å². The number of hydrogen-bond donors (Lipinski definition) is 1. The number of carbonyl (C=O) groups is 1. The van der Waals surface area contributed by atoms with Gasteiger partial charge in [-0.25, -0.2) is 9.67 Å². The topological polar surface area (TPSA) is 76.9 Å². The van der Waals surface area contributed by atoms with Crippen molar-refractivity contribution in [2.75, 3.05) is 0 Å². The van der Waals surface area contributed by atoms with Crippen LogP contribution in [0.15, 0.2) is 29.1 Å². The molecule has 0 radical (unpaired) electrons. The van der Waals surface area contributed by atoms with Crippen LogP contribution in [0.4, 0.5) is 0 Å². The fourth-order valence-corrected chi connectivity index (χ4v) is 4.81. The van der Waals surface area contributed by atoms with Gasteiger partial charge in [0.15, 0.2) is 0 Å². The lowest BCUT2D eigenvalue weighted by Gasteiger charge is -2.13. The van der Waals surface area contributed by atoms with E-state index in [1.54, 1.807) is 7.05 Å². The first-order valence-electron chi connectivity index (χ1n) is 9.27. The molecule has 7 heteroatoms. The van der Waals surface area contributed by atoms with Gasteiger partial charge in [0, 0.05) is 7.05 Å². The van der Waals surface area contributed by atoms with E-state index in [-0.39, 0.29) is 17.5 Å². The normalized spacial score (nSPS) is 15.5. The maximum absolute atomic E-state index is 12.9. The molecule has 28 heavy (non-hydrogen) atoms. The van der Waals surface area contributed by atoms with Gasteiger partial charge in [-0.3, -0.25) is 9.59 Å². The predicted octanol–water partition coefficient (Wildman–Crippen LogP) is 3.25. The molecule has 2 aromatic heterocycles. The van der Waals surface area contributed by atoms with Crippen molar-refractivity contribution in [2.24, 2.45) is 7.05 Å². The molecule has 1 amide bonds. The third-order valence-corrected chi connectivity index (χ3v) is 6.55. The quantitative estimate of drug-likeness (QED) is 0.740. The van der Waals surface area contributed by atoms with Crippen molar-refractivity contribution in [2.45, 2.75) is 39.7 Å². The molecule has 4 rings (SSSR count). The summed E-state index contributed by atoms with van der Waals surface area (Å²) < 4.78 is 1.32. The van der Waals surface area contributed by atoms with Crippen LogP contribution in [0.2, 0.25) is 0 Å². The van der Waals surface area contributed by atoms with Crippen LogP contribution >= 0.6 is 11.3 Å². The highest BCUT2D eigenvalue weighted by Crippen LogP contribution is 2.33. The summed E-state index contributed by atoms with van der Waals surface area (Å²) in [5.74, 6) is -0.136. The second kappa shape index (κ2) is 6.98. The zero-order valence-corrected chi connectivity index (χ0v) is 17.2. The lowest BCUT2D eigenvalue weighted by atomic mass is 10.1. The second-order valence-electron chi connectivity index (χ2n) is 7.21. The Morgan fingerprint density at radius 1 is 1.21 bits per heavy atom. The van der Waals surface area contributed by atoms with Crippen molar-refractivity contribution in [3.63, 3.8) is 0 Å². The SMILES string of the molecule is Cc1nc(-c2c(C)c(C)nn(C)c2=O)sc1C(=O)NC1CCc2ccccc21. The summed E-state index contributed by atoms with van der Waals surface area (Å²) in [5.41, 5.74) is 5.02. The lowest BCUT2D eigenvalue weighted by Crippen LogP contribution is -2.26. The largest absolute Gasteiger partial charge is 0.344 e. The Morgan fingerprint density at radius 2 is 1.96 bits per heavy atom. The molecule has 1 N–H and O–H groups in total. The number of thiazole rings is 1. The summed E-state index contributed by atoms with van der Waals surface area (Å²) in [4.78, 5) is 30.7. The minimum atomic E-state index is -0.200. The average Bonchev–Trinajstić information content (AvgIpc) is 3.24. The number of hydrogen-bond acceptors (Lipinski definition) is 5. The van der Waals surface area contributed by atoms with E-state index in [9.17, 15) is 9.59 Å². The number of aryl methyl sites for hydroxylation is 4. The van der Waals surface area contributed by atoms with Gasteiger partial charge in [0.25, 0.3) is 11.5 Å². The molecule has 6 nitrogen and oxygen atoms in total. The van der Waals surface area contributed by atoms with Crippen molar-refractivity contribution in [3.8, 4) is 10.6 Å². The zero-order valence-electron chi connectivity index (χ0n) is 16.4. The van der Waals surface area contributed by atoms with Crippen molar-refractivity contribution in [1.29, 1.82) is 0 Å². The molecule has 144 valence electrons. The molecule has 0 saturated carbocycles. The number of nitrogens with zero attached hydrogens (tertiary/aromatic N) is 3. The van der Waals surface area contributed by atoms with Crippen LogP contribution in [-0.2, 0) is 13.5 Å². The average molecular weight is 395 g/mol. The molecule has 1 aliphatic rings. The Bertz CT molecular complexity index is 1150. The van der Waals surface area contributed by atoms with Gasteiger partial charge in [-0.2, -0.15) is 5.10 Å². The second-order valence-corrected chi connectivity index (χ2v) is 8.21. The Balaban J connectivity index is 1.66. The van der Waals surface area contributed by atoms with E-state index in [1.165, 1.54) is 27.1 Å². The fourth-order valence-electron chi connectivity index (χ4n) is 3.75. The van der Waals surface area contributed by atoms with Crippen LogP contribution in [0.25, 0.3) is 10.6 Å². The van der Waals surface area contributed by atoms with Crippen LogP contribution in [0.5, 0.6) is 0 Å². The lowest BCUT2D eigenvalue weighted by molar-refractivity contribution is 0.0940. The van der Waals surface area contributed by atoms with E-state index in [2.05, 4.69) is 27.5 Å². The predicted molar refractivity (Wildman–Crippen MR) is 110 cm³/mol. The summed E-state index contributed by atoms with van der Waals surface area (Å²) in [5, 5.41) is 7.93. The van der Waals surface area contributed by atoms with Crippen LogP contribution in [0, 0.1) is 20.8 Å². The van der Waals surface area contributed by atoms with Crippen LogP contribution in [0.3, 0.4) is 0 Å². The highest BCUT2D eigenvalue weighted by atomic mass is 32.1. The molecule has 2 heterocycles. The van der Waals surface area contributed by atoms with Crippen LogP contribution in [-0.4, -0.2) is 20.7 Å². The summed E-state index contributed by atoms with van der Waals surface area (Å²) in [6.07, 6.45) is 1.87. The van der Waals surface area contributed by atoms with E-state index in [4.69, 9.17) is 0 Å². The van der Waals surface area contributed by atoms with Gasteiger partial charge in [0.2, 0.25) is 0 Å². The standard InChI is InChI=1S/C21H22N4O2S/c1-11-12(2)24-25(4)21(27)17(11)20-22-13(3)18(28-20)19(26)23-16-10-9-14-7-5-6-8-15(14)16/h5-8,16H,9-10H2,1-4H3,(H,23,26). The third kappa shape index (κ3) is 3.05. The maximum Gasteiger partial charge on any atom is 0.277 e. The van der Waals surface area contributed by atoms with Gasteiger partial charge >= 0.3 is 0 Å². The molecular weight excluding hydrogens is 372 g/mol. The van der Waals surface area contributed by atoms with Gasteiger partial charge in [-0.1, -0.05) is 24.3 Å². The van der Waals surface area contributed by atoms with Crippen molar-refractivity contribution < 1.29 is 4.79 Å². The molecule has 3 aromatic rings. The summed E-state index contributed by atoms with van der Waals surface area (Å²) >= 11 is 1.27. The highest BCUT2D eigenvalue weighted by molar-refractivity contribution is 7.17. The summed E-state index contributed by atoms with van der Waals surface area (Å²) in [6, 6.07) is 8.24. The van der Waals surface area contributed by atoms with Crippen molar-refractivity contribution in [3.05, 3.63) is 67.6 Å². The van der Waals surface area contributed by atoms with Crippen molar-refractivity contribution >= 4 is 17.2 Å². The number of nitrogens with one attached hydrogen (secondary N) is 1. The molecule has 0 bridgehead atoms. The number of fused-ring (bicyclic) bond motifs is 1. The zero-order chi connectivity index (χ0) is 20.0. The van der Waals surface area contributed by atoms with E-state index in [1.807, 2.05) is 32.9 Å². The number of aromatic nitrogens is 3. The van der Waals surface area contributed by atoms with E-state index < -0.39 is 0 Å². The number of amides is 1. The van der Waals surface area contributed by atoms with Gasteiger partial charge in [-0.15, -0.1) is 11.3 Å². The first-order valence-corrected chi connectivity index (χ1v) is 10.1. The van der Waals surface area contributed by atoms with Gasteiger partial charge in [0.1, 0.15) is 9.88 Å². The monoisotopic (exact) mass is 394 g/mol. The summed E-state index contributed by atoms with van der Waals surface area (Å²) in [7, 11) is 1.63. The summed E-state index contributed by atoms with van der Waals surface area (Å²) in [6.45, 7) is 5.54. The van der Waals surface area contributed by atoms with Gasteiger partial charge < -0.3 is 5.32 Å². The van der Waals surface area contributed by atoms with Gasteiger partial charge in [0.05, 0.1) is 23.0 Å². The molecule has 0 spiro atoms. The minimum absolute atomic E-state index is 0.0198. The Labute approximate surface area is 167 Å². The first kappa shape index (κ1) is 18.6. The maximum atomic E-state index is 12.9. The molecular formula is C21H22N4O2S. The minimum Gasteiger partial charge on any atom is -0.344 e. The number of benzene rings is 1. The molecule has 1 aliphatic carbocycles. The van der Waals surface area contributed by atoms with Crippen LogP contribution in [0.1, 0.15) is 50.2 Å². The van der Waals surface area contributed by atoms with E-state index in [0.29, 0.717) is 21.1 Å². The van der Waals surface area contributed by atoms with E-state index >= 15 is 0 Å². The number of rotatable bonds is 3.